The van der Waals surface area contributed by atoms with Crippen molar-refractivity contribution in [1.29, 1.82) is 0 Å². The van der Waals surface area contributed by atoms with Crippen molar-refractivity contribution in [2.75, 3.05) is 6.54 Å². The van der Waals surface area contributed by atoms with Crippen molar-refractivity contribution < 1.29 is 9.50 Å². The average Bonchev–Trinajstić information content (AvgIpc) is 2.20. The van der Waals surface area contributed by atoms with E-state index in [0.29, 0.717) is 17.1 Å². The van der Waals surface area contributed by atoms with Crippen molar-refractivity contribution in [1.82, 2.24) is 5.32 Å². The molecule has 2 nitrogen and oxygen atoms in total. The van der Waals surface area contributed by atoms with E-state index in [4.69, 9.17) is 11.6 Å². The third-order valence-corrected chi connectivity index (χ3v) is 2.57. The second-order valence-electron chi connectivity index (χ2n) is 5.22. The van der Waals surface area contributed by atoms with Gasteiger partial charge in [0.1, 0.15) is 5.82 Å². The minimum absolute atomic E-state index is 0.0616. The van der Waals surface area contributed by atoms with Crippen molar-refractivity contribution in [2.24, 2.45) is 0 Å². The zero-order valence-electron chi connectivity index (χ0n) is 10.4. The Morgan fingerprint density at radius 1 is 1.41 bits per heavy atom. The lowest BCUT2D eigenvalue weighted by Gasteiger charge is -2.23. The van der Waals surface area contributed by atoms with Gasteiger partial charge in [0.2, 0.25) is 0 Å². The Balaban J connectivity index is 2.56. The molecule has 0 saturated carbocycles. The zero-order valence-corrected chi connectivity index (χ0v) is 11.2. The van der Waals surface area contributed by atoms with Gasteiger partial charge >= 0.3 is 0 Å². The van der Waals surface area contributed by atoms with Gasteiger partial charge < -0.3 is 10.4 Å². The first kappa shape index (κ1) is 14.4. The lowest BCUT2D eigenvalue weighted by atomic mass is 10.1. The molecule has 4 heteroatoms. The molecule has 17 heavy (non-hydrogen) atoms. The number of aliphatic hydroxyl groups is 1. The second kappa shape index (κ2) is 5.80. The van der Waals surface area contributed by atoms with Gasteiger partial charge in [-0.05, 0) is 44.5 Å². The van der Waals surface area contributed by atoms with Gasteiger partial charge in [0.05, 0.1) is 6.10 Å². The van der Waals surface area contributed by atoms with E-state index in [0.717, 1.165) is 0 Å². The highest BCUT2D eigenvalue weighted by molar-refractivity contribution is 6.30. The van der Waals surface area contributed by atoms with E-state index in [1.54, 1.807) is 6.07 Å². The number of aliphatic hydroxyl groups excluding tert-OH is 1. The minimum Gasteiger partial charge on any atom is -0.391 e. The monoisotopic (exact) mass is 259 g/mol. The third-order valence-electron chi connectivity index (χ3n) is 2.33. The Bertz CT molecular complexity index is 376. The molecular weight excluding hydrogens is 241 g/mol. The number of halogens is 2. The number of β-amino-alcohol motifs (C(OH)–C–C–N with tert-alkyl or cyclic N) is 1. The lowest BCUT2D eigenvalue weighted by molar-refractivity contribution is 0.160. The largest absolute Gasteiger partial charge is 0.391 e. The minimum atomic E-state index is -0.623. The standard InChI is InChI=1S/C13H19ClFNO/c1-13(2,3)16-8-11(17)7-9-6-10(14)4-5-12(9)15/h4-6,11,16-17H,7-8H2,1-3H3. The first-order chi connectivity index (χ1) is 7.78. The van der Waals surface area contributed by atoms with Crippen LogP contribution in [0.5, 0.6) is 0 Å². The highest BCUT2D eigenvalue weighted by Gasteiger charge is 2.14. The van der Waals surface area contributed by atoms with Crippen LogP contribution in [-0.4, -0.2) is 23.3 Å². The zero-order chi connectivity index (χ0) is 13.1. The number of benzene rings is 1. The number of rotatable bonds is 4. The molecule has 1 atom stereocenters. The summed E-state index contributed by atoms with van der Waals surface area (Å²) in [5, 5.41) is 13.5. The van der Waals surface area contributed by atoms with Gasteiger partial charge in [-0.2, -0.15) is 0 Å². The summed E-state index contributed by atoms with van der Waals surface area (Å²) in [5.41, 5.74) is 0.383. The van der Waals surface area contributed by atoms with E-state index >= 15 is 0 Å². The molecule has 0 radical (unpaired) electrons. The van der Waals surface area contributed by atoms with Crippen LogP contribution in [0.1, 0.15) is 26.3 Å². The smallest absolute Gasteiger partial charge is 0.126 e. The van der Waals surface area contributed by atoms with Crippen molar-refractivity contribution in [3.63, 3.8) is 0 Å². The summed E-state index contributed by atoms with van der Waals surface area (Å²) in [6.45, 7) is 6.47. The molecule has 0 heterocycles. The molecule has 1 unspecified atom stereocenters. The van der Waals surface area contributed by atoms with E-state index in [2.05, 4.69) is 5.32 Å². The summed E-state index contributed by atoms with van der Waals surface area (Å²) in [6, 6.07) is 4.37. The van der Waals surface area contributed by atoms with Crippen LogP contribution in [0.4, 0.5) is 4.39 Å². The van der Waals surface area contributed by atoms with Crippen LogP contribution in [0.2, 0.25) is 5.02 Å². The molecular formula is C13H19ClFNO. The number of hydrogen-bond donors (Lipinski definition) is 2. The molecule has 0 amide bonds. The van der Waals surface area contributed by atoms with Gasteiger partial charge in [0, 0.05) is 23.5 Å². The first-order valence-corrected chi connectivity index (χ1v) is 6.03. The SMILES string of the molecule is CC(C)(C)NCC(O)Cc1cc(Cl)ccc1F. The Kier molecular flexibility index (Phi) is 4.92. The second-order valence-corrected chi connectivity index (χ2v) is 5.66. The van der Waals surface area contributed by atoms with Gasteiger partial charge in [-0.25, -0.2) is 4.39 Å². The van der Waals surface area contributed by atoms with Crippen LogP contribution in [0, 0.1) is 5.82 Å². The van der Waals surface area contributed by atoms with E-state index in [-0.39, 0.29) is 17.8 Å². The highest BCUT2D eigenvalue weighted by Crippen LogP contribution is 2.16. The summed E-state index contributed by atoms with van der Waals surface area (Å²) < 4.78 is 13.4. The van der Waals surface area contributed by atoms with Crippen LogP contribution in [-0.2, 0) is 6.42 Å². The maximum atomic E-state index is 13.4. The molecule has 0 aliphatic carbocycles. The topological polar surface area (TPSA) is 32.3 Å². The Morgan fingerprint density at radius 2 is 2.06 bits per heavy atom. The van der Waals surface area contributed by atoms with Gasteiger partial charge in [0.15, 0.2) is 0 Å². The van der Waals surface area contributed by atoms with Crippen molar-refractivity contribution >= 4 is 11.6 Å². The molecule has 1 aromatic carbocycles. The summed E-state index contributed by atoms with van der Waals surface area (Å²) in [5.74, 6) is -0.329. The van der Waals surface area contributed by atoms with Crippen molar-refractivity contribution in [3.8, 4) is 0 Å². The van der Waals surface area contributed by atoms with Crippen LogP contribution < -0.4 is 5.32 Å². The van der Waals surface area contributed by atoms with Gasteiger partial charge in [0.25, 0.3) is 0 Å². The number of hydrogen-bond acceptors (Lipinski definition) is 2. The highest BCUT2D eigenvalue weighted by atomic mass is 35.5. The summed E-state index contributed by atoms with van der Waals surface area (Å²) in [6.07, 6.45) is -0.364. The Hall–Kier alpha value is -0.640. The molecule has 1 aromatic rings. The summed E-state index contributed by atoms with van der Waals surface area (Å²) in [7, 11) is 0. The maximum Gasteiger partial charge on any atom is 0.126 e. The van der Waals surface area contributed by atoms with Crippen molar-refractivity contribution in [2.45, 2.75) is 38.8 Å². The molecule has 0 fully saturated rings. The van der Waals surface area contributed by atoms with E-state index in [1.165, 1.54) is 12.1 Å². The molecule has 0 aliphatic heterocycles. The van der Waals surface area contributed by atoms with Crippen LogP contribution >= 0.6 is 11.6 Å². The molecule has 0 aliphatic rings. The van der Waals surface area contributed by atoms with Crippen LogP contribution in [0.15, 0.2) is 18.2 Å². The molecule has 0 saturated heterocycles. The first-order valence-electron chi connectivity index (χ1n) is 5.65. The van der Waals surface area contributed by atoms with Crippen LogP contribution in [0.25, 0.3) is 0 Å². The van der Waals surface area contributed by atoms with Crippen molar-refractivity contribution in [3.05, 3.63) is 34.6 Å². The van der Waals surface area contributed by atoms with E-state index in [9.17, 15) is 9.50 Å². The van der Waals surface area contributed by atoms with E-state index in [1.807, 2.05) is 20.8 Å². The summed E-state index contributed by atoms with van der Waals surface area (Å²) in [4.78, 5) is 0. The molecule has 2 N–H and O–H groups in total. The van der Waals surface area contributed by atoms with E-state index < -0.39 is 6.10 Å². The fraction of sp³-hybridized carbons (Fsp3) is 0.538. The third kappa shape index (κ3) is 5.48. The Morgan fingerprint density at radius 3 is 2.65 bits per heavy atom. The lowest BCUT2D eigenvalue weighted by Crippen LogP contribution is -2.41. The molecule has 0 spiro atoms. The van der Waals surface area contributed by atoms with Crippen LogP contribution in [0.3, 0.4) is 0 Å². The average molecular weight is 260 g/mol. The van der Waals surface area contributed by atoms with Gasteiger partial charge in [-0.15, -0.1) is 0 Å². The number of nitrogens with one attached hydrogen (secondary N) is 1. The quantitative estimate of drug-likeness (QED) is 0.872. The fourth-order valence-electron chi connectivity index (χ4n) is 1.45. The summed E-state index contributed by atoms with van der Waals surface area (Å²) >= 11 is 5.79. The maximum absolute atomic E-state index is 13.4. The molecule has 96 valence electrons. The molecule has 0 aromatic heterocycles. The predicted octanol–water partition coefficient (Wildman–Crippen LogP) is 2.77. The fourth-order valence-corrected chi connectivity index (χ4v) is 1.64. The molecule has 1 rings (SSSR count). The Labute approximate surface area is 107 Å². The van der Waals surface area contributed by atoms with Gasteiger partial charge in [-0.1, -0.05) is 11.6 Å². The predicted molar refractivity (Wildman–Crippen MR) is 68.9 cm³/mol. The normalized spacial score (nSPS) is 13.8. The molecule has 0 bridgehead atoms. The van der Waals surface area contributed by atoms with Gasteiger partial charge in [-0.3, -0.25) is 0 Å².